The fourth-order valence-corrected chi connectivity index (χ4v) is 5.73. The second kappa shape index (κ2) is 7.57. The van der Waals surface area contributed by atoms with Crippen LogP contribution in [0.1, 0.15) is 43.6 Å². The van der Waals surface area contributed by atoms with Crippen LogP contribution in [0.2, 0.25) is 0 Å². The Balaban J connectivity index is 1.50. The van der Waals surface area contributed by atoms with Gasteiger partial charge in [0.15, 0.2) is 5.76 Å². The van der Waals surface area contributed by atoms with Gasteiger partial charge in [-0.3, -0.25) is 4.79 Å². The van der Waals surface area contributed by atoms with Gasteiger partial charge in [0, 0.05) is 33.6 Å². The van der Waals surface area contributed by atoms with Crippen molar-refractivity contribution < 1.29 is 9.21 Å². The monoisotopic (exact) mass is 413 g/mol. The number of H-pyrrole nitrogens is 1. The maximum Gasteiger partial charge on any atom is 0.211 e. The summed E-state index contributed by atoms with van der Waals surface area (Å²) < 4.78 is 6.48. The number of piperidine rings is 2. The predicted octanol–water partition coefficient (Wildman–Crippen LogP) is 5.88. The Morgan fingerprint density at radius 3 is 2.90 bits per heavy atom. The van der Waals surface area contributed by atoms with Gasteiger partial charge in [-0.2, -0.15) is 0 Å². The minimum absolute atomic E-state index is 0.452. The number of rotatable bonds is 4. The molecule has 158 valence electrons. The van der Waals surface area contributed by atoms with E-state index in [-0.39, 0.29) is 0 Å². The van der Waals surface area contributed by atoms with E-state index in [4.69, 9.17) is 4.42 Å². The molecule has 31 heavy (non-hydrogen) atoms. The van der Waals surface area contributed by atoms with E-state index in [1.165, 1.54) is 43.2 Å². The quantitative estimate of drug-likeness (QED) is 0.411. The highest BCUT2D eigenvalue weighted by atomic mass is 16.3. The number of hydrogen-bond donors (Lipinski definition) is 2. The second-order valence-electron chi connectivity index (χ2n) is 9.00. The van der Waals surface area contributed by atoms with E-state index in [9.17, 15) is 4.79 Å². The first-order valence-corrected chi connectivity index (χ1v) is 11.4. The lowest BCUT2D eigenvalue weighted by Gasteiger charge is -2.42. The molecule has 2 aliphatic rings. The van der Waals surface area contributed by atoms with Gasteiger partial charge in [-0.1, -0.05) is 24.6 Å². The second-order valence-corrected chi connectivity index (χ2v) is 9.00. The minimum atomic E-state index is 0.452. The average Bonchev–Trinajstić information content (AvgIpc) is 3.40. The summed E-state index contributed by atoms with van der Waals surface area (Å²) in [5.41, 5.74) is 5.13. The third-order valence-corrected chi connectivity index (χ3v) is 7.21. The molecule has 2 aliphatic heterocycles. The number of anilines is 1. The molecule has 5 heteroatoms. The number of benzene rings is 2. The van der Waals surface area contributed by atoms with Crippen molar-refractivity contribution in [2.75, 3.05) is 18.4 Å². The minimum Gasteiger partial charge on any atom is -0.454 e. The molecular weight excluding hydrogens is 386 g/mol. The van der Waals surface area contributed by atoms with Crippen molar-refractivity contribution >= 4 is 34.0 Å². The van der Waals surface area contributed by atoms with E-state index in [0.29, 0.717) is 12.0 Å². The van der Waals surface area contributed by atoms with Gasteiger partial charge in [0.2, 0.25) is 6.41 Å². The van der Waals surface area contributed by atoms with Crippen molar-refractivity contribution in [1.29, 1.82) is 0 Å². The number of carbonyl (C=O) groups excluding carboxylic acids is 1. The SMILES string of the molecule is O=CNc1ccc2oc(-c3cc4ccccc4[nH]3)c(C3CCN4CCCCC4C3)c2c1. The van der Waals surface area contributed by atoms with E-state index >= 15 is 0 Å². The van der Waals surface area contributed by atoms with Crippen molar-refractivity contribution in [3.05, 3.63) is 54.1 Å². The molecular formula is C26H27N3O2. The highest BCUT2D eigenvalue weighted by Crippen LogP contribution is 2.45. The van der Waals surface area contributed by atoms with Gasteiger partial charge in [0.05, 0.1) is 5.69 Å². The van der Waals surface area contributed by atoms with Crippen LogP contribution in [0.3, 0.4) is 0 Å². The molecule has 0 aliphatic carbocycles. The van der Waals surface area contributed by atoms with Crippen LogP contribution in [-0.2, 0) is 4.79 Å². The Hall–Kier alpha value is -3.05. The molecule has 2 aromatic carbocycles. The first-order chi connectivity index (χ1) is 15.3. The van der Waals surface area contributed by atoms with Gasteiger partial charge in [-0.15, -0.1) is 0 Å². The summed E-state index contributed by atoms with van der Waals surface area (Å²) in [6.45, 7) is 2.40. The summed E-state index contributed by atoms with van der Waals surface area (Å²) in [5.74, 6) is 1.40. The number of hydrogen-bond acceptors (Lipinski definition) is 3. The number of aromatic nitrogens is 1. The Labute approximate surface area is 181 Å². The molecule has 0 saturated carbocycles. The molecule has 2 N–H and O–H groups in total. The highest BCUT2D eigenvalue weighted by Gasteiger charge is 2.34. The molecule has 0 bridgehead atoms. The Kier molecular flexibility index (Phi) is 4.57. The van der Waals surface area contributed by atoms with Crippen LogP contribution >= 0.6 is 0 Å². The summed E-state index contributed by atoms with van der Waals surface area (Å²) in [4.78, 5) is 17.3. The summed E-state index contributed by atoms with van der Waals surface area (Å²) in [6.07, 6.45) is 7.02. The van der Waals surface area contributed by atoms with Gasteiger partial charge >= 0.3 is 0 Å². The van der Waals surface area contributed by atoms with Gasteiger partial charge in [0.1, 0.15) is 5.58 Å². The van der Waals surface area contributed by atoms with Crippen LogP contribution in [0, 0.1) is 0 Å². The zero-order chi connectivity index (χ0) is 20.8. The van der Waals surface area contributed by atoms with E-state index in [1.807, 2.05) is 12.1 Å². The van der Waals surface area contributed by atoms with E-state index in [2.05, 4.69) is 51.6 Å². The smallest absolute Gasteiger partial charge is 0.211 e. The number of nitrogens with one attached hydrogen (secondary N) is 2. The fourth-order valence-electron chi connectivity index (χ4n) is 5.73. The van der Waals surface area contributed by atoms with Crippen molar-refractivity contribution in [2.24, 2.45) is 0 Å². The fraction of sp³-hybridized carbons (Fsp3) is 0.346. The topological polar surface area (TPSA) is 61.3 Å². The number of carbonyl (C=O) groups is 1. The zero-order valence-corrected chi connectivity index (χ0v) is 17.6. The molecule has 2 saturated heterocycles. The van der Waals surface area contributed by atoms with Crippen molar-refractivity contribution in [2.45, 2.75) is 44.1 Å². The normalized spacial score (nSPS) is 21.9. The predicted molar refractivity (Wildman–Crippen MR) is 124 cm³/mol. The van der Waals surface area contributed by atoms with Gasteiger partial charge < -0.3 is 19.6 Å². The number of fused-ring (bicyclic) bond motifs is 3. The van der Waals surface area contributed by atoms with Crippen LogP contribution in [0.4, 0.5) is 5.69 Å². The van der Waals surface area contributed by atoms with E-state index in [1.54, 1.807) is 0 Å². The molecule has 1 amide bonds. The van der Waals surface area contributed by atoms with Crippen molar-refractivity contribution in [3.8, 4) is 11.5 Å². The lowest BCUT2D eigenvalue weighted by Crippen LogP contribution is -2.44. The van der Waals surface area contributed by atoms with Crippen molar-refractivity contribution in [1.82, 2.24) is 9.88 Å². The standard InChI is InChI=1S/C26H27N3O2/c30-16-27-19-8-9-24-21(15-19)25(18-10-12-29-11-4-3-6-20(29)13-18)26(31-24)23-14-17-5-1-2-7-22(17)28-23/h1-2,5,7-9,14-16,18,20,28H,3-4,6,10-13H2,(H,27,30). The zero-order valence-electron chi connectivity index (χ0n) is 17.6. The molecule has 2 aromatic heterocycles. The van der Waals surface area contributed by atoms with E-state index in [0.717, 1.165) is 53.0 Å². The number of furan rings is 1. The molecule has 4 heterocycles. The molecule has 0 radical (unpaired) electrons. The Morgan fingerprint density at radius 1 is 1.06 bits per heavy atom. The summed E-state index contributed by atoms with van der Waals surface area (Å²) >= 11 is 0. The number of nitrogens with zero attached hydrogens (tertiary/aromatic N) is 1. The van der Waals surface area contributed by atoms with Crippen LogP contribution in [0.25, 0.3) is 33.3 Å². The van der Waals surface area contributed by atoms with Crippen LogP contribution < -0.4 is 5.32 Å². The molecule has 2 fully saturated rings. The van der Waals surface area contributed by atoms with Crippen molar-refractivity contribution in [3.63, 3.8) is 0 Å². The van der Waals surface area contributed by atoms with Gasteiger partial charge in [-0.25, -0.2) is 0 Å². The lowest BCUT2D eigenvalue weighted by molar-refractivity contribution is -0.105. The summed E-state index contributed by atoms with van der Waals surface area (Å²) in [7, 11) is 0. The van der Waals surface area contributed by atoms with Gasteiger partial charge in [0.25, 0.3) is 0 Å². The number of amides is 1. The third kappa shape index (κ3) is 3.24. The Morgan fingerprint density at radius 2 is 2.00 bits per heavy atom. The largest absolute Gasteiger partial charge is 0.454 e. The number of para-hydroxylation sites is 1. The molecule has 0 spiro atoms. The first kappa shape index (κ1) is 18.7. The molecule has 2 unspecified atom stereocenters. The van der Waals surface area contributed by atoms with Crippen LogP contribution in [-0.4, -0.2) is 35.4 Å². The molecule has 5 nitrogen and oxygen atoms in total. The average molecular weight is 414 g/mol. The van der Waals surface area contributed by atoms with Crippen LogP contribution in [0.5, 0.6) is 0 Å². The first-order valence-electron chi connectivity index (χ1n) is 11.4. The van der Waals surface area contributed by atoms with E-state index < -0.39 is 0 Å². The lowest BCUT2D eigenvalue weighted by atomic mass is 9.80. The maximum absolute atomic E-state index is 11.0. The van der Waals surface area contributed by atoms with Crippen LogP contribution in [0.15, 0.2) is 52.9 Å². The Bertz CT molecular complexity index is 1220. The summed E-state index contributed by atoms with van der Waals surface area (Å²) in [5, 5.41) is 5.12. The molecule has 4 aromatic rings. The molecule has 6 rings (SSSR count). The maximum atomic E-state index is 11.0. The third-order valence-electron chi connectivity index (χ3n) is 7.21. The number of aromatic amines is 1. The summed E-state index contributed by atoms with van der Waals surface area (Å²) in [6, 6.07) is 17.2. The molecule has 2 atom stereocenters. The highest BCUT2D eigenvalue weighted by molar-refractivity contribution is 5.94. The van der Waals surface area contributed by atoms with Gasteiger partial charge in [-0.05, 0) is 75.0 Å².